The van der Waals surface area contributed by atoms with Crippen LogP contribution < -0.4 is 16.0 Å². The Morgan fingerprint density at radius 1 is 1.15 bits per heavy atom. The van der Waals surface area contributed by atoms with Gasteiger partial charge in [0.05, 0.1) is 0 Å². The van der Waals surface area contributed by atoms with Crippen molar-refractivity contribution in [1.29, 1.82) is 0 Å². The zero-order chi connectivity index (χ0) is 22.6. The number of hydrogen-bond donors (Lipinski definition) is 3. The summed E-state index contributed by atoms with van der Waals surface area (Å²) in [6.07, 6.45) is 10.9. The lowest BCUT2D eigenvalue weighted by atomic mass is 9.81. The Kier molecular flexibility index (Phi) is 6.76. The highest BCUT2D eigenvalue weighted by Gasteiger charge is 2.25. The van der Waals surface area contributed by atoms with Crippen LogP contribution in [0.5, 0.6) is 0 Å². The van der Waals surface area contributed by atoms with Crippen molar-refractivity contribution in [2.24, 2.45) is 5.92 Å². The monoisotopic (exact) mass is 454 g/mol. The molecule has 0 atom stereocenters. The van der Waals surface area contributed by atoms with E-state index in [2.05, 4.69) is 51.1 Å². The summed E-state index contributed by atoms with van der Waals surface area (Å²) in [6.45, 7) is 3.60. The van der Waals surface area contributed by atoms with Crippen molar-refractivity contribution in [2.75, 3.05) is 37.3 Å². The number of fused-ring (bicyclic) bond motifs is 1. The maximum atomic E-state index is 12.0. The van der Waals surface area contributed by atoms with Crippen LogP contribution in [0.4, 0.5) is 17.5 Å². The topological polar surface area (TPSA) is 82.2 Å². The molecule has 3 N–H and O–H groups in total. The average Bonchev–Trinajstić information content (AvgIpc) is 2.72. The van der Waals surface area contributed by atoms with Crippen molar-refractivity contribution in [3.63, 3.8) is 0 Å². The Morgan fingerprint density at radius 2 is 2.00 bits per heavy atom. The summed E-state index contributed by atoms with van der Waals surface area (Å²) >= 11 is 0. The van der Waals surface area contributed by atoms with Crippen LogP contribution in [0.3, 0.4) is 0 Å². The largest absolute Gasteiger partial charge is 0.370 e. The molecule has 3 aliphatic rings. The fraction of sp³-hybridized carbons (Fsp3) is 0.577. The molecule has 1 aromatic heterocycles. The maximum Gasteiger partial charge on any atom is 0.229 e. The van der Waals surface area contributed by atoms with Crippen LogP contribution in [0.1, 0.15) is 71.8 Å². The molecule has 0 bridgehead atoms. The molecule has 2 fully saturated rings. The minimum atomic E-state index is 0. The lowest BCUT2D eigenvalue weighted by Gasteiger charge is -2.27. The summed E-state index contributed by atoms with van der Waals surface area (Å²) in [7, 11) is 2.17. The van der Waals surface area contributed by atoms with E-state index >= 15 is 0 Å². The SMILES string of the molecule is CN1CCc2cc(Nc3ncc(C4CCC4)c(NCCCNC(=O)C4CCC4)n3)ccc2C1.[HH].[HH].[HH]. The van der Waals surface area contributed by atoms with E-state index in [4.69, 9.17) is 4.98 Å². The van der Waals surface area contributed by atoms with Gasteiger partial charge in [0, 0.05) is 53.8 Å². The van der Waals surface area contributed by atoms with Gasteiger partial charge in [-0.25, -0.2) is 4.98 Å². The first-order valence-electron chi connectivity index (χ1n) is 12.6. The summed E-state index contributed by atoms with van der Waals surface area (Å²) in [4.78, 5) is 23.9. The quantitative estimate of drug-likeness (QED) is 0.466. The van der Waals surface area contributed by atoms with Crippen molar-refractivity contribution in [1.82, 2.24) is 20.2 Å². The molecule has 2 aliphatic carbocycles. The van der Waals surface area contributed by atoms with Crippen molar-refractivity contribution < 1.29 is 9.07 Å². The summed E-state index contributed by atoms with van der Waals surface area (Å²) in [5.41, 5.74) is 5.08. The highest BCUT2D eigenvalue weighted by Crippen LogP contribution is 2.39. The Labute approximate surface area is 201 Å². The smallest absolute Gasteiger partial charge is 0.229 e. The van der Waals surface area contributed by atoms with Crippen LogP contribution in [-0.2, 0) is 17.8 Å². The first-order valence-corrected chi connectivity index (χ1v) is 12.6. The van der Waals surface area contributed by atoms with Crippen LogP contribution in [-0.4, -0.2) is 47.5 Å². The number of carbonyl (C=O) groups excluding carboxylic acids is 1. The number of amides is 1. The van der Waals surface area contributed by atoms with Gasteiger partial charge in [-0.1, -0.05) is 18.9 Å². The van der Waals surface area contributed by atoms with E-state index in [9.17, 15) is 4.79 Å². The van der Waals surface area contributed by atoms with E-state index in [0.717, 1.165) is 56.8 Å². The van der Waals surface area contributed by atoms with Crippen LogP contribution in [0.2, 0.25) is 0 Å². The average molecular weight is 455 g/mol. The van der Waals surface area contributed by atoms with Crippen molar-refractivity contribution >= 4 is 23.4 Å². The van der Waals surface area contributed by atoms with Gasteiger partial charge in [-0.15, -0.1) is 0 Å². The second kappa shape index (κ2) is 10.1. The minimum absolute atomic E-state index is 0. The molecule has 1 amide bonds. The zero-order valence-electron chi connectivity index (χ0n) is 19.7. The standard InChI is InChI=1S/C26H36N6O.3H2/c1-32-14-11-20-15-22(10-9-21(20)17-32)30-26-29-16-23(18-5-2-6-18)24(31-26)27-12-4-13-28-25(33)19-7-3-8-19;;;/h9-10,15-16,18-19H,2-8,11-14,17H2,1H3,(H,28,33)(H2,27,29,30,31);3*1H. The van der Waals surface area contributed by atoms with Crippen LogP contribution in [0, 0.1) is 5.92 Å². The molecule has 0 unspecified atom stereocenters. The summed E-state index contributed by atoms with van der Waals surface area (Å²) < 4.78 is 0. The molecule has 1 aromatic carbocycles. The Hall–Kier alpha value is -2.67. The van der Waals surface area contributed by atoms with Gasteiger partial charge in [0.15, 0.2) is 0 Å². The minimum Gasteiger partial charge on any atom is -0.370 e. The summed E-state index contributed by atoms with van der Waals surface area (Å²) in [6, 6.07) is 6.58. The normalized spacial score (nSPS) is 18.7. The predicted molar refractivity (Wildman–Crippen MR) is 138 cm³/mol. The number of rotatable bonds is 9. The number of anilines is 3. The highest BCUT2D eigenvalue weighted by atomic mass is 16.1. The van der Waals surface area contributed by atoms with E-state index in [1.54, 1.807) is 0 Å². The fourth-order valence-electron chi connectivity index (χ4n) is 4.83. The Morgan fingerprint density at radius 3 is 2.76 bits per heavy atom. The van der Waals surface area contributed by atoms with Gasteiger partial charge >= 0.3 is 0 Å². The molecule has 0 radical (unpaired) electrons. The molecule has 33 heavy (non-hydrogen) atoms. The molecule has 0 spiro atoms. The van der Waals surface area contributed by atoms with E-state index in [1.807, 2.05) is 6.20 Å². The number of hydrogen-bond acceptors (Lipinski definition) is 6. The second-order valence-corrected chi connectivity index (χ2v) is 9.92. The number of benzene rings is 1. The molecule has 2 saturated carbocycles. The van der Waals surface area contributed by atoms with Crippen LogP contribution in [0.15, 0.2) is 24.4 Å². The number of aromatic nitrogens is 2. The molecule has 2 heterocycles. The first-order chi connectivity index (χ1) is 16.2. The van der Waals surface area contributed by atoms with Gasteiger partial charge < -0.3 is 20.9 Å². The number of carbonyl (C=O) groups is 1. The zero-order valence-corrected chi connectivity index (χ0v) is 19.7. The van der Waals surface area contributed by atoms with Crippen molar-refractivity contribution in [3.05, 3.63) is 41.1 Å². The molecule has 0 saturated heterocycles. The third-order valence-corrected chi connectivity index (χ3v) is 7.45. The van der Waals surface area contributed by atoms with Gasteiger partial charge in [0.1, 0.15) is 5.82 Å². The number of nitrogens with zero attached hydrogens (tertiary/aromatic N) is 3. The van der Waals surface area contributed by atoms with E-state index in [-0.39, 0.29) is 16.1 Å². The molecule has 7 heteroatoms. The van der Waals surface area contributed by atoms with Gasteiger partial charge in [-0.2, -0.15) is 4.98 Å². The maximum absolute atomic E-state index is 12.0. The molecule has 1 aliphatic heterocycles. The lowest BCUT2D eigenvalue weighted by molar-refractivity contribution is -0.127. The molecule has 5 rings (SSSR count). The number of likely N-dealkylation sites (N-methyl/N-ethyl adjacent to an activating group) is 1. The van der Waals surface area contributed by atoms with E-state index in [1.165, 1.54) is 42.4 Å². The highest BCUT2D eigenvalue weighted by molar-refractivity contribution is 5.79. The third kappa shape index (κ3) is 5.29. The van der Waals surface area contributed by atoms with Gasteiger partial charge in [-0.05, 0) is 74.8 Å². The first kappa shape index (κ1) is 22.1. The van der Waals surface area contributed by atoms with Crippen LogP contribution in [0.25, 0.3) is 0 Å². The predicted octanol–water partition coefficient (Wildman–Crippen LogP) is 4.93. The molecular weight excluding hydrogens is 412 g/mol. The summed E-state index contributed by atoms with van der Waals surface area (Å²) in [5.74, 6) is 2.60. The Bertz CT molecular complexity index is 1000. The van der Waals surface area contributed by atoms with Crippen molar-refractivity contribution in [3.8, 4) is 0 Å². The van der Waals surface area contributed by atoms with Crippen LogP contribution >= 0.6 is 0 Å². The third-order valence-electron chi connectivity index (χ3n) is 7.45. The molecule has 182 valence electrons. The second-order valence-electron chi connectivity index (χ2n) is 9.92. The van der Waals surface area contributed by atoms with Crippen molar-refractivity contribution in [2.45, 2.75) is 63.8 Å². The molecule has 7 nitrogen and oxygen atoms in total. The van der Waals surface area contributed by atoms with Gasteiger partial charge in [0.25, 0.3) is 0 Å². The molecule has 2 aromatic rings. The lowest BCUT2D eigenvalue weighted by Crippen LogP contribution is -2.35. The fourth-order valence-corrected chi connectivity index (χ4v) is 4.83. The van der Waals surface area contributed by atoms with Gasteiger partial charge in [-0.3, -0.25) is 4.79 Å². The molecular formula is C26H42N6O. The summed E-state index contributed by atoms with van der Waals surface area (Å²) in [5, 5.41) is 10.0. The Balaban J connectivity index is 0.00000152. The van der Waals surface area contributed by atoms with Gasteiger partial charge in [0.2, 0.25) is 11.9 Å². The van der Waals surface area contributed by atoms with E-state index in [0.29, 0.717) is 18.4 Å². The van der Waals surface area contributed by atoms with E-state index < -0.39 is 0 Å². The number of nitrogens with one attached hydrogen (secondary N) is 3.